The van der Waals surface area contributed by atoms with Crippen LogP contribution in [0.4, 0.5) is 0 Å². The maximum atomic E-state index is 12.0. The molecule has 0 aromatic heterocycles. The zero-order valence-corrected chi connectivity index (χ0v) is 12.3. The summed E-state index contributed by atoms with van der Waals surface area (Å²) in [5, 5.41) is 0. The molecule has 2 aromatic carbocycles. The van der Waals surface area contributed by atoms with E-state index in [0.717, 1.165) is 19.5 Å². The minimum Gasteiger partial charge on any atom is -0.341 e. The van der Waals surface area contributed by atoms with Crippen molar-refractivity contribution in [3.8, 4) is 11.1 Å². The number of carbonyl (C=O) groups is 1. The molecule has 1 amide bonds. The molecule has 0 bridgehead atoms. The van der Waals surface area contributed by atoms with E-state index in [1.807, 2.05) is 17.9 Å². The van der Waals surface area contributed by atoms with Crippen molar-refractivity contribution in [2.45, 2.75) is 19.3 Å². The van der Waals surface area contributed by atoms with Gasteiger partial charge >= 0.3 is 0 Å². The van der Waals surface area contributed by atoms with Crippen LogP contribution in [-0.4, -0.2) is 23.9 Å². The molecule has 1 fully saturated rings. The number of hydrogen-bond donors (Lipinski definition) is 0. The van der Waals surface area contributed by atoms with Gasteiger partial charge in [0.25, 0.3) is 0 Å². The van der Waals surface area contributed by atoms with Crippen LogP contribution in [0.15, 0.2) is 48.5 Å². The van der Waals surface area contributed by atoms with Gasteiger partial charge in [0.15, 0.2) is 0 Å². The number of hydrogen-bond acceptors (Lipinski definition) is 1. The summed E-state index contributed by atoms with van der Waals surface area (Å²) >= 11 is 0. The highest BCUT2D eigenvalue weighted by Gasteiger charge is 2.37. The Kier molecular flexibility index (Phi) is 2.85. The average Bonchev–Trinajstić information content (AvgIpc) is 3.13. The summed E-state index contributed by atoms with van der Waals surface area (Å²) in [5.74, 6) is 1.01. The lowest BCUT2D eigenvalue weighted by Crippen LogP contribution is -2.28. The highest BCUT2D eigenvalue weighted by Crippen LogP contribution is 2.46. The SMILES string of the molecule is CC1CCN(CC2c3ccc(-c4ccccc4)cc32)C1=O. The zero-order chi connectivity index (χ0) is 14.4. The first-order valence-corrected chi connectivity index (χ1v) is 7.72. The van der Waals surface area contributed by atoms with Crippen LogP contribution in [0, 0.1) is 5.92 Å². The Balaban J connectivity index is 1.51. The molecular formula is C19H19NO. The summed E-state index contributed by atoms with van der Waals surface area (Å²) in [7, 11) is 0. The average molecular weight is 277 g/mol. The van der Waals surface area contributed by atoms with Gasteiger partial charge in [0.1, 0.15) is 0 Å². The van der Waals surface area contributed by atoms with Crippen LogP contribution in [0.1, 0.15) is 30.4 Å². The molecule has 2 atom stereocenters. The lowest BCUT2D eigenvalue weighted by molar-refractivity contribution is -0.130. The van der Waals surface area contributed by atoms with Crippen LogP contribution in [0.25, 0.3) is 11.1 Å². The number of amides is 1. The molecule has 1 heterocycles. The predicted octanol–water partition coefficient (Wildman–Crippen LogP) is 3.67. The van der Waals surface area contributed by atoms with Crippen LogP contribution in [0.3, 0.4) is 0 Å². The Bertz CT molecular complexity index is 692. The molecule has 0 spiro atoms. The number of rotatable bonds is 3. The Hall–Kier alpha value is -2.09. The van der Waals surface area contributed by atoms with Crippen LogP contribution in [-0.2, 0) is 4.79 Å². The summed E-state index contributed by atoms with van der Waals surface area (Å²) < 4.78 is 0. The van der Waals surface area contributed by atoms with Crippen molar-refractivity contribution >= 4 is 5.91 Å². The van der Waals surface area contributed by atoms with E-state index in [-0.39, 0.29) is 5.92 Å². The predicted molar refractivity (Wildman–Crippen MR) is 84.1 cm³/mol. The molecule has 4 rings (SSSR count). The summed E-state index contributed by atoms with van der Waals surface area (Å²) in [4.78, 5) is 14.1. The van der Waals surface area contributed by atoms with Crippen molar-refractivity contribution in [3.05, 3.63) is 59.7 Å². The summed E-state index contributed by atoms with van der Waals surface area (Å²) in [6.07, 6.45) is 1.01. The topological polar surface area (TPSA) is 20.3 Å². The van der Waals surface area contributed by atoms with E-state index in [1.165, 1.54) is 22.3 Å². The van der Waals surface area contributed by atoms with Crippen molar-refractivity contribution < 1.29 is 4.79 Å². The van der Waals surface area contributed by atoms with E-state index < -0.39 is 0 Å². The lowest BCUT2D eigenvalue weighted by atomic mass is 10.1. The molecule has 0 N–H and O–H groups in total. The molecule has 1 aliphatic carbocycles. The van der Waals surface area contributed by atoms with Crippen molar-refractivity contribution in [2.24, 2.45) is 5.92 Å². The largest absolute Gasteiger partial charge is 0.341 e. The van der Waals surface area contributed by atoms with Crippen LogP contribution >= 0.6 is 0 Å². The molecule has 0 radical (unpaired) electrons. The van der Waals surface area contributed by atoms with Crippen molar-refractivity contribution in [2.75, 3.05) is 13.1 Å². The molecule has 21 heavy (non-hydrogen) atoms. The van der Waals surface area contributed by atoms with Gasteiger partial charge in [0, 0.05) is 24.9 Å². The van der Waals surface area contributed by atoms with Crippen molar-refractivity contribution in [1.29, 1.82) is 0 Å². The second-order valence-corrected chi connectivity index (χ2v) is 6.24. The van der Waals surface area contributed by atoms with Gasteiger partial charge in [0.05, 0.1) is 0 Å². The van der Waals surface area contributed by atoms with Gasteiger partial charge in [-0.25, -0.2) is 0 Å². The minimum absolute atomic E-state index is 0.215. The molecule has 106 valence electrons. The van der Waals surface area contributed by atoms with Crippen LogP contribution in [0.2, 0.25) is 0 Å². The van der Waals surface area contributed by atoms with E-state index in [0.29, 0.717) is 11.8 Å². The Morgan fingerprint density at radius 2 is 1.86 bits per heavy atom. The standard InChI is InChI=1S/C19H19NO/c1-13-9-10-20(19(13)21)12-18-16-8-7-15(11-17(16)18)14-5-3-2-4-6-14/h2-8,11,13,18H,9-10,12H2,1H3. The van der Waals surface area contributed by atoms with Gasteiger partial charge in [0.2, 0.25) is 5.91 Å². The first kappa shape index (κ1) is 12.6. The van der Waals surface area contributed by atoms with Gasteiger partial charge < -0.3 is 4.90 Å². The second kappa shape index (κ2) is 4.73. The van der Waals surface area contributed by atoms with Crippen molar-refractivity contribution in [1.82, 2.24) is 4.90 Å². The fourth-order valence-electron chi connectivity index (χ4n) is 3.40. The highest BCUT2D eigenvalue weighted by atomic mass is 16.2. The van der Waals surface area contributed by atoms with Crippen molar-refractivity contribution in [3.63, 3.8) is 0 Å². The molecular weight excluding hydrogens is 258 g/mol. The Morgan fingerprint density at radius 3 is 2.57 bits per heavy atom. The number of fused-ring (bicyclic) bond motifs is 1. The van der Waals surface area contributed by atoms with E-state index >= 15 is 0 Å². The fourth-order valence-corrected chi connectivity index (χ4v) is 3.40. The molecule has 0 saturated carbocycles. The van der Waals surface area contributed by atoms with Gasteiger partial charge in [-0.2, -0.15) is 0 Å². The Labute approximate surface area is 125 Å². The molecule has 2 nitrogen and oxygen atoms in total. The minimum atomic E-state index is 0.215. The van der Waals surface area contributed by atoms with Crippen LogP contribution in [0.5, 0.6) is 0 Å². The number of nitrogens with zero attached hydrogens (tertiary/aromatic N) is 1. The summed E-state index contributed by atoms with van der Waals surface area (Å²) in [6, 6.07) is 17.2. The second-order valence-electron chi connectivity index (χ2n) is 6.24. The summed E-state index contributed by atoms with van der Waals surface area (Å²) in [6.45, 7) is 3.84. The smallest absolute Gasteiger partial charge is 0.225 e. The Morgan fingerprint density at radius 1 is 1.05 bits per heavy atom. The molecule has 2 unspecified atom stereocenters. The van der Waals surface area contributed by atoms with Gasteiger partial charge in [-0.15, -0.1) is 0 Å². The third-order valence-electron chi connectivity index (χ3n) is 4.83. The number of carbonyl (C=O) groups excluding carboxylic acids is 1. The monoisotopic (exact) mass is 277 g/mol. The first-order chi connectivity index (χ1) is 10.2. The maximum Gasteiger partial charge on any atom is 0.225 e. The highest BCUT2D eigenvalue weighted by molar-refractivity contribution is 5.81. The number of likely N-dealkylation sites (tertiary alicyclic amines) is 1. The molecule has 1 aliphatic heterocycles. The fraction of sp³-hybridized carbons (Fsp3) is 0.316. The molecule has 2 aromatic rings. The zero-order valence-electron chi connectivity index (χ0n) is 12.3. The summed E-state index contributed by atoms with van der Waals surface area (Å²) in [5.41, 5.74) is 5.38. The normalized spacial score (nSPS) is 23.3. The lowest BCUT2D eigenvalue weighted by Gasteiger charge is -2.15. The van der Waals surface area contributed by atoms with Gasteiger partial charge in [-0.1, -0.05) is 55.5 Å². The van der Waals surface area contributed by atoms with Gasteiger partial charge in [-0.3, -0.25) is 4.79 Å². The molecule has 2 aliphatic rings. The van der Waals surface area contributed by atoms with E-state index in [9.17, 15) is 4.79 Å². The maximum absolute atomic E-state index is 12.0. The quantitative estimate of drug-likeness (QED) is 0.838. The first-order valence-electron chi connectivity index (χ1n) is 7.72. The molecule has 1 saturated heterocycles. The third kappa shape index (κ3) is 2.15. The van der Waals surface area contributed by atoms with E-state index in [1.54, 1.807) is 0 Å². The third-order valence-corrected chi connectivity index (χ3v) is 4.83. The van der Waals surface area contributed by atoms with E-state index in [4.69, 9.17) is 0 Å². The molecule has 2 heteroatoms. The van der Waals surface area contributed by atoms with E-state index in [2.05, 4.69) is 42.5 Å². The van der Waals surface area contributed by atoms with Crippen LogP contribution < -0.4 is 0 Å². The number of benzene rings is 2. The van der Waals surface area contributed by atoms with Gasteiger partial charge in [-0.05, 0) is 28.7 Å².